The van der Waals surface area contributed by atoms with Gasteiger partial charge in [-0.15, -0.1) is 0 Å². The minimum atomic E-state index is -0.461. The predicted octanol–water partition coefficient (Wildman–Crippen LogP) is 2.57. The third kappa shape index (κ3) is 3.77. The van der Waals surface area contributed by atoms with E-state index >= 15 is 0 Å². The van der Waals surface area contributed by atoms with E-state index in [0.29, 0.717) is 35.1 Å². The zero-order valence-corrected chi connectivity index (χ0v) is 13.0. The van der Waals surface area contributed by atoms with E-state index in [-0.39, 0.29) is 6.04 Å². The number of rotatable bonds is 6. The number of carbonyl (C=O) groups is 1. The second-order valence-electron chi connectivity index (χ2n) is 4.67. The zero-order chi connectivity index (χ0) is 15.3. The molecule has 0 radical (unpaired) electrons. The summed E-state index contributed by atoms with van der Waals surface area (Å²) >= 11 is 6.28. The molecule has 112 valence electrons. The van der Waals surface area contributed by atoms with Crippen molar-refractivity contribution in [3.05, 3.63) is 22.7 Å². The Balaban J connectivity index is 3.34. The third-order valence-corrected chi connectivity index (χ3v) is 3.23. The average molecular weight is 301 g/mol. The first-order valence-corrected chi connectivity index (χ1v) is 6.73. The van der Waals surface area contributed by atoms with Crippen LogP contribution in [0.1, 0.15) is 24.2 Å². The largest absolute Gasteiger partial charge is 0.465 e. The van der Waals surface area contributed by atoms with Crippen LogP contribution in [0.2, 0.25) is 5.02 Å². The van der Waals surface area contributed by atoms with Gasteiger partial charge in [-0.1, -0.05) is 11.6 Å². The number of hydrogen-bond donors (Lipinski definition) is 1. The SMILES string of the molecule is COCCN(c1c(Cl)cc(N)cc1C(=O)OC)C(C)C. The van der Waals surface area contributed by atoms with E-state index in [0.717, 1.165) is 0 Å². The lowest BCUT2D eigenvalue weighted by Gasteiger charge is -2.31. The molecule has 20 heavy (non-hydrogen) atoms. The van der Waals surface area contributed by atoms with Crippen molar-refractivity contribution in [3.8, 4) is 0 Å². The molecule has 1 aromatic carbocycles. The summed E-state index contributed by atoms with van der Waals surface area (Å²) in [5.74, 6) is -0.461. The first-order chi connectivity index (χ1) is 9.42. The highest BCUT2D eigenvalue weighted by atomic mass is 35.5. The van der Waals surface area contributed by atoms with Crippen LogP contribution in [0.5, 0.6) is 0 Å². The summed E-state index contributed by atoms with van der Waals surface area (Å²) in [6, 6.07) is 3.36. The lowest BCUT2D eigenvalue weighted by molar-refractivity contribution is 0.0601. The Hall–Kier alpha value is -1.46. The molecule has 0 bridgehead atoms. The van der Waals surface area contributed by atoms with Crippen LogP contribution in [-0.4, -0.2) is 39.4 Å². The van der Waals surface area contributed by atoms with E-state index in [1.807, 2.05) is 18.7 Å². The van der Waals surface area contributed by atoms with Crippen molar-refractivity contribution in [2.75, 3.05) is 38.0 Å². The molecular formula is C14H21ClN2O3. The quantitative estimate of drug-likeness (QED) is 0.646. The summed E-state index contributed by atoms with van der Waals surface area (Å²) in [7, 11) is 2.96. The van der Waals surface area contributed by atoms with Gasteiger partial charge >= 0.3 is 5.97 Å². The van der Waals surface area contributed by atoms with Gasteiger partial charge in [0.05, 0.1) is 30.0 Å². The van der Waals surface area contributed by atoms with Gasteiger partial charge in [0.15, 0.2) is 0 Å². The van der Waals surface area contributed by atoms with Gasteiger partial charge in [0.1, 0.15) is 0 Å². The molecule has 0 heterocycles. The standard InChI is InChI=1S/C14H21ClN2O3/c1-9(2)17(5-6-19-3)13-11(14(18)20-4)7-10(16)8-12(13)15/h7-9H,5-6,16H2,1-4H3. The lowest BCUT2D eigenvalue weighted by Crippen LogP contribution is -2.35. The topological polar surface area (TPSA) is 64.8 Å². The molecule has 1 aromatic rings. The van der Waals surface area contributed by atoms with Crippen molar-refractivity contribution in [1.29, 1.82) is 0 Å². The fourth-order valence-corrected chi connectivity index (χ4v) is 2.33. The summed E-state index contributed by atoms with van der Waals surface area (Å²) in [6.07, 6.45) is 0. The van der Waals surface area contributed by atoms with Gasteiger partial charge in [-0.2, -0.15) is 0 Å². The number of nitrogen functional groups attached to an aromatic ring is 1. The summed E-state index contributed by atoms with van der Waals surface area (Å²) in [6.45, 7) is 5.17. The predicted molar refractivity (Wildman–Crippen MR) is 81.6 cm³/mol. The maximum Gasteiger partial charge on any atom is 0.340 e. The summed E-state index contributed by atoms with van der Waals surface area (Å²) < 4.78 is 9.92. The van der Waals surface area contributed by atoms with E-state index in [2.05, 4.69) is 0 Å². The number of benzene rings is 1. The number of methoxy groups -OCH3 is 2. The van der Waals surface area contributed by atoms with Gasteiger partial charge < -0.3 is 20.1 Å². The normalized spacial score (nSPS) is 10.7. The highest BCUT2D eigenvalue weighted by molar-refractivity contribution is 6.34. The Labute approximate surface area is 124 Å². The van der Waals surface area contributed by atoms with Crippen LogP contribution < -0.4 is 10.6 Å². The molecule has 0 saturated heterocycles. The Morgan fingerprint density at radius 1 is 1.40 bits per heavy atom. The molecule has 0 atom stereocenters. The Morgan fingerprint density at radius 3 is 2.55 bits per heavy atom. The van der Waals surface area contributed by atoms with Crippen molar-refractivity contribution in [2.45, 2.75) is 19.9 Å². The highest BCUT2D eigenvalue weighted by Gasteiger charge is 2.23. The van der Waals surface area contributed by atoms with Crippen LogP contribution in [0.3, 0.4) is 0 Å². The maximum absolute atomic E-state index is 11.9. The first kappa shape index (κ1) is 16.6. The zero-order valence-electron chi connectivity index (χ0n) is 12.3. The lowest BCUT2D eigenvalue weighted by atomic mass is 10.1. The van der Waals surface area contributed by atoms with Crippen molar-refractivity contribution in [3.63, 3.8) is 0 Å². The number of carbonyl (C=O) groups excluding carboxylic acids is 1. The molecule has 0 spiro atoms. The number of esters is 1. The maximum atomic E-state index is 11.9. The van der Waals surface area contributed by atoms with Gasteiger partial charge in [0.2, 0.25) is 0 Å². The number of nitrogens with two attached hydrogens (primary N) is 1. The molecule has 0 aromatic heterocycles. The smallest absolute Gasteiger partial charge is 0.340 e. The fraction of sp³-hybridized carbons (Fsp3) is 0.500. The van der Waals surface area contributed by atoms with Crippen LogP contribution in [0.4, 0.5) is 11.4 Å². The number of halogens is 1. The van der Waals surface area contributed by atoms with Crippen LogP contribution >= 0.6 is 11.6 Å². The van der Waals surface area contributed by atoms with Crippen molar-refractivity contribution in [1.82, 2.24) is 0 Å². The average Bonchev–Trinajstić information content (AvgIpc) is 2.39. The summed E-state index contributed by atoms with van der Waals surface area (Å²) in [4.78, 5) is 13.9. The number of anilines is 2. The molecule has 0 aliphatic carbocycles. The fourth-order valence-electron chi connectivity index (χ4n) is 2.00. The molecular weight excluding hydrogens is 280 g/mol. The van der Waals surface area contributed by atoms with Crippen LogP contribution in [-0.2, 0) is 9.47 Å². The van der Waals surface area contributed by atoms with Gasteiger partial charge in [-0.3, -0.25) is 0 Å². The van der Waals surface area contributed by atoms with Crippen molar-refractivity contribution < 1.29 is 14.3 Å². The van der Waals surface area contributed by atoms with Gasteiger partial charge in [0.25, 0.3) is 0 Å². The van der Waals surface area contributed by atoms with Crippen molar-refractivity contribution >= 4 is 28.9 Å². The van der Waals surface area contributed by atoms with Gasteiger partial charge in [-0.05, 0) is 26.0 Å². The molecule has 0 aliphatic rings. The molecule has 1 rings (SSSR count). The number of ether oxygens (including phenoxy) is 2. The van der Waals surface area contributed by atoms with E-state index in [4.69, 9.17) is 26.8 Å². The molecule has 0 fully saturated rings. The van der Waals surface area contributed by atoms with E-state index in [9.17, 15) is 4.79 Å². The first-order valence-electron chi connectivity index (χ1n) is 6.35. The van der Waals surface area contributed by atoms with E-state index in [1.54, 1.807) is 19.2 Å². The molecule has 5 nitrogen and oxygen atoms in total. The molecule has 2 N–H and O–H groups in total. The molecule has 0 saturated carbocycles. The molecule has 0 aliphatic heterocycles. The van der Waals surface area contributed by atoms with Gasteiger partial charge in [0, 0.05) is 25.4 Å². The highest BCUT2D eigenvalue weighted by Crippen LogP contribution is 2.34. The third-order valence-electron chi connectivity index (χ3n) is 2.94. The molecule has 0 unspecified atom stereocenters. The second-order valence-corrected chi connectivity index (χ2v) is 5.08. The second kappa shape index (κ2) is 7.36. The van der Waals surface area contributed by atoms with Crippen LogP contribution in [0, 0.1) is 0 Å². The summed E-state index contributed by atoms with van der Waals surface area (Å²) in [5.41, 5.74) is 7.18. The number of hydrogen-bond acceptors (Lipinski definition) is 5. The van der Waals surface area contributed by atoms with Crippen molar-refractivity contribution in [2.24, 2.45) is 0 Å². The molecule has 0 amide bonds. The Morgan fingerprint density at radius 2 is 2.05 bits per heavy atom. The minimum Gasteiger partial charge on any atom is -0.465 e. The van der Waals surface area contributed by atoms with Gasteiger partial charge in [-0.25, -0.2) is 4.79 Å². The number of nitrogens with zero attached hydrogens (tertiary/aromatic N) is 1. The monoisotopic (exact) mass is 300 g/mol. The Kier molecular flexibility index (Phi) is 6.10. The molecule has 6 heteroatoms. The van der Waals surface area contributed by atoms with Crippen LogP contribution in [0.25, 0.3) is 0 Å². The Bertz CT molecular complexity index is 478. The minimum absolute atomic E-state index is 0.148. The summed E-state index contributed by atoms with van der Waals surface area (Å²) in [5, 5.41) is 0.426. The van der Waals surface area contributed by atoms with E-state index < -0.39 is 5.97 Å². The van der Waals surface area contributed by atoms with E-state index in [1.165, 1.54) is 7.11 Å². The van der Waals surface area contributed by atoms with Crippen LogP contribution in [0.15, 0.2) is 12.1 Å².